The molecule has 230 valence electrons. The number of pyridine rings is 3. The Bertz CT molecular complexity index is 1490. The lowest BCUT2D eigenvalue weighted by Crippen LogP contribution is -2.37. The van der Waals surface area contributed by atoms with Gasteiger partial charge in [-0.2, -0.15) is 0 Å². The predicted molar refractivity (Wildman–Crippen MR) is 169 cm³/mol. The van der Waals surface area contributed by atoms with E-state index in [-0.39, 0.29) is 0 Å². The Kier molecular flexibility index (Phi) is 11.1. The normalized spacial score (nSPS) is 13.1. The number of carbonyl (C=O) groups is 1. The Labute approximate surface area is 257 Å². The first-order valence-corrected chi connectivity index (χ1v) is 15.2. The summed E-state index contributed by atoms with van der Waals surface area (Å²) in [6, 6.07) is 18.4. The minimum atomic E-state index is -0.937. The quantitative estimate of drug-likeness (QED) is 0.140. The average molecular weight is 599 g/mol. The number of carboxylic acid groups (broad SMARTS) is 1. The van der Waals surface area contributed by atoms with Crippen LogP contribution in [0.25, 0.3) is 11.1 Å². The highest BCUT2D eigenvalue weighted by molar-refractivity contribution is 5.77. The van der Waals surface area contributed by atoms with Crippen molar-refractivity contribution in [2.45, 2.75) is 44.6 Å². The molecule has 0 spiro atoms. The third-order valence-corrected chi connectivity index (χ3v) is 7.69. The molecule has 0 bridgehead atoms. The highest BCUT2D eigenvalue weighted by Gasteiger charge is 2.20. The molecule has 0 saturated heterocycles. The molecule has 4 aromatic rings. The monoisotopic (exact) mass is 598 g/mol. The van der Waals surface area contributed by atoms with E-state index in [9.17, 15) is 14.3 Å². The van der Waals surface area contributed by atoms with Crippen LogP contribution < -0.4 is 15.4 Å². The molecule has 3 N–H and O–H groups in total. The van der Waals surface area contributed by atoms with E-state index in [2.05, 4.69) is 37.6 Å². The van der Waals surface area contributed by atoms with Crippen LogP contribution in [0.2, 0.25) is 0 Å². The molecular formula is C34H39FN6O3. The molecule has 44 heavy (non-hydrogen) atoms. The molecule has 9 nitrogen and oxygen atoms in total. The summed E-state index contributed by atoms with van der Waals surface area (Å²) in [5.74, 6) is 0.500. The van der Waals surface area contributed by atoms with Crippen molar-refractivity contribution < 1.29 is 19.0 Å². The standard InChI is InChI=1S/C34H39FN6O3/c35-28-21-30(24-36-23-28)44-20-19-41(17-5-4-10-29-13-11-26-9-6-16-37-33(26)39-29)18-15-31(34(42)43)40-32-14-12-27(22-38-32)25-7-2-1-3-8-25/h1-3,7-8,11-14,21-24,31H,4-6,9-10,15-20H2,(H,37,39)(H,38,40)(H,42,43)/t31-/m0/s1. The van der Waals surface area contributed by atoms with Gasteiger partial charge >= 0.3 is 5.97 Å². The van der Waals surface area contributed by atoms with Crippen molar-refractivity contribution in [2.24, 2.45) is 0 Å². The Balaban J connectivity index is 1.15. The third kappa shape index (κ3) is 9.21. The van der Waals surface area contributed by atoms with Crippen molar-refractivity contribution in [1.29, 1.82) is 0 Å². The molecule has 0 amide bonds. The molecule has 0 fully saturated rings. The highest BCUT2D eigenvalue weighted by Crippen LogP contribution is 2.21. The van der Waals surface area contributed by atoms with E-state index in [4.69, 9.17) is 9.72 Å². The van der Waals surface area contributed by atoms with Crippen molar-refractivity contribution in [3.8, 4) is 16.9 Å². The minimum absolute atomic E-state index is 0.330. The Hall–Kier alpha value is -4.57. The number of hydrogen-bond acceptors (Lipinski definition) is 8. The zero-order valence-electron chi connectivity index (χ0n) is 24.8. The second kappa shape index (κ2) is 15.8. The zero-order valence-corrected chi connectivity index (χ0v) is 24.8. The van der Waals surface area contributed by atoms with Gasteiger partial charge < -0.3 is 20.5 Å². The molecule has 0 radical (unpaired) electrons. The van der Waals surface area contributed by atoms with Gasteiger partial charge in [-0.05, 0) is 74.4 Å². The number of ether oxygens (including phenoxy) is 1. The number of rotatable bonds is 16. The second-order valence-corrected chi connectivity index (χ2v) is 10.9. The molecule has 10 heteroatoms. The lowest BCUT2D eigenvalue weighted by atomic mass is 10.1. The Morgan fingerprint density at radius 3 is 2.70 bits per heavy atom. The van der Waals surface area contributed by atoms with Gasteiger partial charge in [0.15, 0.2) is 0 Å². The van der Waals surface area contributed by atoms with Crippen molar-refractivity contribution in [2.75, 3.05) is 43.4 Å². The molecule has 1 atom stereocenters. The molecule has 1 aliphatic heterocycles. The van der Waals surface area contributed by atoms with Gasteiger partial charge in [0.25, 0.3) is 0 Å². The maximum Gasteiger partial charge on any atom is 0.326 e. The van der Waals surface area contributed by atoms with Crippen LogP contribution in [0.15, 0.2) is 79.3 Å². The van der Waals surface area contributed by atoms with E-state index in [1.807, 2.05) is 36.4 Å². The van der Waals surface area contributed by atoms with E-state index in [1.165, 1.54) is 17.8 Å². The molecule has 3 aromatic heterocycles. The van der Waals surface area contributed by atoms with Crippen LogP contribution in [0.3, 0.4) is 0 Å². The van der Waals surface area contributed by atoms with E-state index in [0.717, 1.165) is 74.0 Å². The highest BCUT2D eigenvalue weighted by atomic mass is 19.1. The number of nitrogens with one attached hydrogen (secondary N) is 2. The fourth-order valence-electron chi connectivity index (χ4n) is 5.28. The smallest absolute Gasteiger partial charge is 0.326 e. The van der Waals surface area contributed by atoms with Crippen LogP contribution in [0.1, 0.15) is 36.9 Å². The van der Waals surface area contributed by atoms with E-state index < -0.39 is 17.8 Å². The molecular weight excluding hydrogens is 559 g/mol. The van der Waals surface area contributed by atoms with Gasteiger partial charge in [0.2, 0.25) is 0 Å². The molecule has 0 unspecified atom stereocenters. The van der Waals surface area contributed by atoms with Crippen LogP contribution >= 0.6 is 0 Å². The molecule has 0 saturated carbocycles. The molecule has 5 rings (SSSR count). The summed E-state index contributed by atoms with van der Waals surface area (Å²) in [5, 5.41) is 16.4. The number of fused-ring (bicyclic) bond motifs is 1. The van der Waals surface area contributed by atoms with Gasteiger partial charge in [0, 0.05) is 43.2 Å². The number of benzene rings is 1. The van der Waals surface area contributed by atoms with Gasteiger partial charge in [0.05, 0.1) is 12.4 Å². The molecule has 1 aromatic carbocycles. The van der Waals surface area contributed by atoms with Crippen LogP contribution in [-0.4, -0.2) is 69.8 Å². The maximum absolute atomic E-state index is 13.5. The Morgan fingerprint density at radius 2 is 1.91 bits per heavy atom. The van der Waals surface area contributed by atoms with Crippen LogP contribution in [-0.2, 0) is 17.6 Å². The summed E-state index contributed by atoms with van der Waals surface area (Å²) >= 11 is 0. The summed E-state index contributed by atoms with van der Waals surface area (Å²) in [4.78, 5) is 27.5. The SMILES string of the molecule is O=C(O)[C@H](CCN(CCCCc1ccc2c(n1)NCCC2)CCOc1cncc(F)c1)Nc1ccc(-c2ccccc2)cn1. The Morgan fingerprint density at radius 1 is 1.02 bits per heavy atom. The number of anilines is 2. The predicted octanol–water partition coefficient (Wildman–Crippen LogP) is 5.69. The first-order valence-electron chi connectivity index (χ1n) is 15.2. The number of aryl methyl sites for hydroxylation is 2. The summed E-state index contributed by atoms with van der Waals surface area (Å²) in [5.41, 5.74) is 4.37. The van der Waals surface area contributed by atoms with E-state index in [1.54, 1.807) is 12.3 Å². The average Bonchev–Trinajstić information content (AvgIpc) is 3.05. The number of aliphatic carboxylic acids is 1. The van der Waals surface area contributed by atoms with Gasteiger partial charge in [-0.25, -0.2) is 19.2 Å². The van der Waals surface area contributed by atoms with Gasteiger partial charge in [-0.15, -0.1) is 0 Å². The van der Waals surface area contributed by atoms with Crippen LogP contribution in [0.5, 0.6) is 5.75 Å². The van der Waals surface area contributed by atoms with E-state index in [0.29, 0.717) is 37.7 Å². The lowest BCUT2D eigenvalue weighted by molar-refractivity contribution is -0.138. The number of hydrogen-bond donors (Lipinski definition) is 3. The van der Waals surface area contributed by atoms with Gasteiger partial charge in [-0.3, -0.25) is 9.88 Å². The van der Waals surface area contributed by atoms with Crippen LogP contribution in [0.4, 0.5) is 16.0 Å². The fraction of sp³-hybridized carbons (Fsp3) is 0.353. The number of unbranched alkanes of at least 4 members (excludes halogenated alkanes) is 1. The third-order valence-electron chi connectivity index (χ3n) is 7.69. The molecule has 4 heterocycles. The largest absolute Gasteiger partial charge is 0.491 e. The van der Waals surface area contributed by atoms with Crippen molar-refractivity contribution >= 4 is 17.6 Å². The first kappa shape index (κ1) is 30.9. The van der Waals surface area contributed by atoms with Gasteiger partial charge in [-0.1, -0.05) is 36.4 Å². The second-order valence-electron chi connectivity index (χ2n) is 10.9. The fourth-order valence-corrected chi connectivity index (χ4v) is 5.28. The number of aromatic nitrogens is 3. The van der Waals surface area contributed by atoms with Crippen molar-refractivity contribution in [3.63, 3.8) is 0 Å². The molecule has 0 aliphatic carbocycles. The molecule has 1 aliphatic rings. The summed E-state index contributed by atoms with van der Waals surface area (Å²) in [6.45, 7) is 3.17. The maximum atomic E-state index is 13.5. The minimum Gasteiger partial charge on any atom is -0.491 e. The summed E-state index contributed by atoms with van der Waals surface area (Å²) < 4.78 is 19.3. The first-order chi connectivity index (χ1) is 21.5. The summed E-state index contributed by atoms with van der Waals surface area (Å²) in [6.07, 6.45) is 9.68. The van der Waals surface area contributed by atoms with Crippen LogP contribution in [0, 0.1) is 5.82 Å². The topological polar surface area (TPSA) is 112 Å². The van der Waals surface area contributed by atoms with Crippen molar-refractivity contribution in [3.05, 3.63) is 96.3 Å². The van der Waals surface area contributed by atoms with E-state index >= 15 is 0 Å². The zero-order chi connectivity index (χ0) is 30.6. The number of carboxylic acids is 1. The number of nitrogens with zero attached hydrogens (tertiary/aromatic N) is 4. The van der Waals surface area contributed by atoms with Gasteiger partial charge in [0.1, 0.15) is 35.9 Å². The van der Waals surface area contributed by atoms with Crippen molar-refractivity contribution in [1.82, 2.24) is 19.9 Å². The summed E-state index contributed by atoms with van der Waals surface area (Å²) in [7, 11) is 0. The number of halogens is 1. The lowest BCUT2D eigenvalue weighted by Gasteiger charge is -2.24.